The van der Waals surface area contributed by atoms with E-state index in [9.17, 15) is 28.8 Å². The van der Waals surface area contributed by atoms with E-state index in [-0.39, 0.29) is 0 Å². The van der Waals surface area contributed by atoms with Gasteiger partial charge in [0, 0.05) is 0 Å². The van der Waals surface area contributed by atoms with Crippen LogP contribution in [0.2, 0.25) is 0 Å². The van der Waals surface area contributed by atoms with Gasteiger partial charge in [0.05, 0.1) is 23.1 Å². The number of halogens is 2. The van der Waals surface area contributed by atoms with E-state index in [1.807, 2.05) is 0 Å². The van der Waals surface area contributed by atoms with Crippen molar-refractivity contribution in [2.75, 3.05) is 0 Å². The molecular weight excluding hydrogens is 242 g/mol. The molecule has 0 radical (unpaired) electrons. The highest BCUT2D eigenvalue weighted by Gasteiger charge is 2.30. The van der Waals surface area contributed by atoms with Crippen molar-refractivity contribution >= 4 is 11.7 Å². The molecule has 0 bridgehead atoms. The molecule has 0 saturated heterocycles. The molecule has 2 N–H and O–H groups in total. The van der Waals surface area contributed by atoms with Gasteiger partial charge in [0.2, 0.25) is 0 Å². The summed E-state index contributed by atoms with van der Waals surface area (Å²) in [5, 5.41) is 28.3. The van der Waals surface area contributed by atoms with Gasteiger partial charge in [-0.2, -0.15) is 0 Å². The fourth-order valence-electron chi connectivity index (χ4n) is 1.23. The lowest BCUT2D eigenvalue weighted by Gasteiger charge is -2.06. The van der Waals surface area contributed by atoms with Crippen molar-refractivity contribution in [2.45, 2.75) is 12.8 Å². The minimum Gasteiger partial charge on any atom is -0.506 e. The molecule has 7 nitrogen and oxygen atoms in total. The van der Waals surface area contributed by atoms with Crippen LogP contribution in [0.4, 0.5) is 14.5 Å². The Labute approximate surface area is 92.5 Å². The van der Waals surface area contributed by atoms with Gasteiger partial charge in [-0.1, -0.05) is 0 Å². The Morgan fingerprint density at radius 1 is 1.59 bits per heavy atom. The molecule has 1 aromatic rings. The van der Waals surface area contributed by atoms with Gasteiger partial charge >= 0.3 is 11.7 Å². The maximum Gasteiger partial charge on any atom is 0.308 e. The number of hydrogen-bond donors (Lipinski definition) is 2. The first-order valence-electron chi connectivity index (χ1n) is 4.19. The minimum absolute atomic E-state index is 0.562. The minimum atomic E-state index is -3.23. The van der Waals surface area contributed by atoms with Crippen LogP contribution in [0, 0.1) is 10.1 Å². The standard InChI is InChI=1S/C8H6F2N2O5/c9-8(10)6-7(12(16)17)3(1-5(14)15)4(13)2-11-6/h2,8,13H,1H2,(H,14,15). The molecule has 0 aliphatic heterocycles. The van der Waals surface area contributed by atoms with E-state index < -0.39 is 46.4 Å². The summed E-state index contributed by atoms with van der Waals surface area (Å²) in [5.74, 6) is -2.29. The van der Waals surface area contributed by atoms with Crippen molar-refractivity contribution in [3.63, 3.8) is 0 Å². The Bertz CT molecular complexity index is 477. The van der Waals surface area contributed by atoms with Crippen LogP contribution in [0.5, 0.6) is 5.75 Å². The van der Waals surface area contributed by atoms with Crippen LogP contribution >= 0.6 is 0 Å². The van der Waals surface area contributed by atoms with Crippen molar-refractivity contribution in [2.24, 2.45) is 0 Å². The summed E-state index contributed by atoms with van der Waals surface area (Å²) in [4.78, 5) is 22.9. The van der Waals surface area contributed by atoms with Crippen molar-refractivity contribution in [1.82, 2.24) is 4.98 Å². The molecule has 0 fully saturated rings. The average Bonchev–Trinajstić information content (AvgIpc) is 2.19. The van der Waals surface area contributed by atoms with E-state index in [0.717, 1.165) is 0 Å². The molecule has 0 amide bonds. The Kier molecular flexibility index (Phi) is 3.51. The van der Waals surface area contributed by atoms with Crippen LogP contribution in [0.3, 0.4) is 0 Å². The number of aromatic hydroxyl groups is 1. The highest BCUT2D eigenvalue weighted by atomic mass is 19.3. The Hall–Kier alpha value is -2.32. The molecule has 1 aromatic heterocycles. The van der Waals surface area contributed by atoms with Crippen LogP contribution in [0.25, 0.3) is 0 Å². The van der Waals surface area contributed by atoms with Crippen LogP contribution in [0.15, 0.2) is 6.20 Å². The Balaban J connectivity index is 3.48. The molecule has 0 spiro atoms. The third-order valence-corrected chi connectivity index (χ3v) is 1.88. The zero-order chi connectivity index (χ0) is 13.2. The number of nitro groups is 1. The summed E-state index contributed by atoms with van der Waals surface area (Å²) in [6.07, 6.45) is -3.61. The molecular formula is C8H6F2N2O5. The lowest BCUT2D eigenvalue weighted by molar-refractivity contribution is -0.387. The van der Waals surface area contributed by atoms with Crippen LogP contribution in [0.1, 0.15) is 17.7 Å². The van der Waals surface area contributed by atoms with Crippen molar-refractivity contribution < 1.29 is 28.7 Å². The van der Waals surface area contributed by atoms with Gasteiger partial charge < -0.3 is 10.2 Å². The summed E-state index contributed by atoms with van der Waals surface area (Å²) in [6.45, 7) is 0. The van der Waals surface area contributed by atoms with Crippen LogP contribution in [-0.2, 0) is 11.2 Å². The van der Waals surface area contributed by atoms with Gasteiger partial charge in [0.1, 0.15) is 5.75 Å². The molecule has 0 aromatic carbocycles. The van der Waals surface area contributed by atoms with Gasteiger partial charge in [-0.25, -0.2) is 13.8 Å². The number of carboxylic acid groups (broad SMARTS) is 1. The molecule has 0 atom stereocenters. The third-order valence-electron chi connectivity index (χ3n) is 1.88. The fraction of sp³-hybridized carbons (Fsp3) is 0.250. The highest BCUT2D eigenvalue weighted by molar-refractivity contribution is 5.74. The second kappa shape index (κ2) is 4.68. The second-order valence-corrected chi connectivity index (χ2v) is 2.98. The van der Waals surface area contributed by atoms with Gasteiger partial charge in [-0.05, 0) is 0 Å². The summed E-state index contributed by atoms with van der Waals surface area (Å²) >= 11 is 0. The molecule has 9 heteroatoms. The van der Waals surface area contributed by atoms with E-state index in [4.69, 9.17) is 5.11 Å². The molecule has 1 heterocycles. The maximum atomic E-state index is 12.4. The molecule has 0 aliphatic rings. The number of pyridine rings is 1. The lowest BCUT2D eigenvalue weighted by atomic mass is 10.1. The summed E-state index contributed by atoms with van der Waals surface area (Å²) in [5.41, 5.74) is -3.01. The number of hydrogen-bond acceptors (Lipinski definition) is 5. The molecule has 1 rings (SSSR count). The van der Waals surface area contributed by atoms with E-state index in [0.29, 0.717) is 6.20 Å². The number of aromatic nitrogens is 1. The number of nitrogens with zero attached hydrogens (tertiary/aromatic N) is 2. The maximum absolute atomic E-state index is 12.4. The largest absolute Gasteiger partial charge is 0.506 e. The van der Waals surface area contributed by atoms with Crippen molar-refractivity contribution in [1.29, 1.82) is 0 Å². The number of rotatable bonds is 4. The second-order valence-electron chi connectivity index (χ2n) is 2.98. The number of aliphatic carboxylic acids is 1. The SMILES string of the molecule is O=C(O)Cc1c(O)cnc(C(F)F)c1[N+](=O)[O-]. The van der Waals surface area contributed by atoms with E-state index >= 15 is 0 Å². The first-order valence-corrected chi connectivity index (χ1v) is 4.19. The summed E-state index contributed by atoms with van der Waals surface area (Å²) in [7, 11) is 0. The van der Waals surface area contributed by atoms with Crippen molar-refractivity contribution in [3.05, 3.63) is 27.6 Å². The Morgan fingerprint density at radius 2 is 2.18 bits per heavy atom. The normalized spacial score (nSPS) is 10.5. The van der Waals surface area contributed by atoms with Gasteiger partial charge in [-0.3, -0.25) is 14.9 Å². The summed E-state index contributed by atoms with van der Waals surface area (Å²) < 4.78 is 24.9. The summed E-state index contributed by atoms with van der Waals surface area (Å²) in [6, 6.07) is 0. The van der Waals surface area contributed by atoms with E-state index in [1.165, 1.54) is 0 Å². The van der Waals surface area contributed by atoms with Gasteiger partial charge in [0.15, 0.2) is 5.69 Å². The third kappa shape index (κ3) is 2.62. The predicted octanol–water partition coefficient (Wildman–Crippen LogP) is 1.26. The topological polar surface area (TPSA) is 114 Å². The molecule has 0 aliphatic carbocycles. The molecule has 17 heavy (non-hydrogen) atoms. The first-order chi connectivity index (χ1) is 7.84. The van der Waals surface area contributed by atoms with Crippen LogP contribution in [-0.4, -0.2) is 26.1 Å². The molecule has 0 saturated carbocycles. The zero-order valence-electron chi connectivity index (χ0n) is 8.13. The Morgan fingerprint density at radius 3 is 2.59 bits per heavy atom. The quantitative estimate of drug-likeness (QED) is 0.612. The number of alkyl halides is 2. The highest BCUT2D eigenvalue weighted by Crippen LogP contribution is 2.34. The number of carbonyl (C=O) groups is 1. The van der Waals surface area contributed by atoms with Gasteiger partial charge in [-0.15, -0.1) is 0 Å². The number of carboxylic acids is 1. The monoisotopic (exact) mass is 248 g/mol. The lowest BCUT2D eigenvalue weighted by Crippen LogP contribution is -2.08. The smallest absolute Gasteiger partial charge is 0.308 e. The van der Waals surface area contributed by atoms with Crippen LogP contribution < -0.4 is 0 Å². The van der Waals surface area contributed by atoms with E-state index in [2.05, 4.69) is 4.98 Å². The van der Waals surface area contributed by atoms with Gasteiger partial charge in [0.25, 0.3) is 6.43 Å². The first kappa shape index (κ1) is 12.7. The van der Waals surface area contributed by atoms with E-state index in [1.54, 1.807) is 0 Å². The molecule has 0 unspecified atom stereocenters. The average molecular weight is 248 g/mol. The zero-order valence-corrected chi connectivity index (χ0v) is 8.13. The predicted molar refractivity (Wildman–Crippen MR) is 48.9 cm³/mol. The van der Waals surface area contributed by atoms with Crippen molar-refractivity contribution in [3.8, 4) is 5.75 Å². The fourth-order valence-corrected chi connectivity index (χ4v) is 1.23. The molecule has 92 valence electrons.